The summed E-state index contributed by atoms with van der Waals surface area (Å²) >= 11 is 0. The lowest BCUT2D eigenvalue weighted by atomic mass is 9.42. The van der Waals surface area contributed by atoms with Crippen LogP contribution < -0.4 is 0 Å². The number of ether oxygens (including phenoxy) is 2. The van der Waals surface area contributed by atoms with Crippen LogP contribution in [0.5, 0.6) is 0 Å². The first kappa shape index (κ1) is 21.3. The van der Waals surface area contributed by atoms with E-state index in [9.17, 15) is 19.2 Å². The zero-order valence-electron chi connectivity index (χ0n) is 18.7. The Labute approximate surface area is 177 Å². The fraction of sp³-hybridized carbons (Fsp3) is 0.750. The minimum absolute atomic E-state index is 0.00478. The third-order valence-corrected chi connectivity index (χ3v) is 8.56. The summed E-state index contributed by atoms with van der Waals surface area (Å²) in [6, 6.07) is 0. The molecule has 0 radical (unpaired) electrons. The first-order valence-electron chi connectivity index (χ1n) is 11.0. The van der Waals surface area contributed by atoms with Crippen molar-refractivity contribution in [3.63, 3.8) is 0 Å². The highest BCUT2D eigenvalue weighted by Crippen LogP contribution is 2.70. The second kappa shape index (κ2) is 6.51. The fourth-order valence-corrected chi connectivity index (χ4v) is 7.58. The highest BCUT2D eigenvalue weighted by atomic mass is 16.6. The topological polar surface area (TPSA) is 86.7 Å². The minimum Gasteiger partial charge on any atom is -0.462 e. The summed E-state index contributed by atoms with van der Waals surface area (Å²) < 4.78 is 11.7. The normalized spacial score (nSPS) is 43.9. The van der Waals surface area contributed by atoms with Gasteiger partial charge in [0.25, 0.3) is 0 Å². The zero-order valence-corrected chi connectivity index (χ0v) is 18.7. The van der Waals surface area contributed by atoms with Gasteiger partial charge in [0, 0.05) is 43.4 Å². The monoisotopic (exact) mass is 416 g/mol. The smallest absolute Gasteiger partial charge is 0.302 e. The van der Waals surface area contributed by atoms with E-state index in [2.05, 4.69) is 13.8 Å². The summed E-state index contributed by atoms with van der Waals surface area (Å²) in [7, 11) is 0. The van der Waals surface area contributed by atoms with Crippen LogP contribution in [0.3, 0.4) is 0 Å². The van der Waals surface area contributed by atoms with Crippen LogP contribution in [0.25, 0.3) is 0 Å². The molecule has 0 saturated heterocycles. The predicted molar refractivity (Wildman–Crippen MR) is 108 cm³/mol. The molecule has 0 aliphatic heterocycles. The Bertz CT molecular complexity index is 869. The number of carbonyl (C=O) groups is 4. The van der Waals surface area contributed by atoms with E-state index in [1.807, 2.05) is 13.8 Å². The van der Waals surface area contributed by atoms with Gasteiger partial charge < -0.3 is 9.47 Å². The summed E-state index contributed by atoms with van der Waals surface area (Å²) in [6.07, 6.45) is 3.05. The molecule has 4 rings (SSSR count). The Morgan fingerprint density at radius 2 is 1.67 bits per heavy atom. The molecule has 0 unspecified atom stereocenters. The van der Waals surface area contributed by atoms with E-state index < -0.39 is 23.0 Å². The van der Waals surface area contributed by atoms with Crippen LogP contribution >= 0.6 is 0 Å². The number of fused-ring (bicyclic) bond motifs is 3. The molecule has 0 amide bonds. The Kier molecular flexibility index (Phi) is 4.61. The molecule has 30 heavy (non-hydrogen) atoms. The molecule has 3 saturated carbocycles. The molecule has 4 aliphatic carbocycles. The van der Waals surface area contributed by atoms with Crippen LogP contribution in [0.2, 0.25) is 0 Å². The first-order valence-corrected chi connectivity index (χ1v) is 11.0. The first-order chi connectivity index (χ1) is 13.8. The molecule has 0 N–H and O–H groups in total. The minimum atomic E-state index is -0.824. The van der Waals surface area contributed by atoms with E-state index in [1.54, 1.807) is 6.08 Å². The van der Waals surface area contributed by atoms with Crippen LogP contribution in [0.4, 0.5) is 0 Å². The average molecular weight is 417 g/mol. The van der Waals surface area contributed by atoms with Crippen molar-refractivity contribution in [2.24, 2.45) is 34.0 Å². The molecule has 3 fully saturated rings. The van der Waals surface area contributed by atoms with E-state index in [4.69, 9.17) is 9.47 Å². The van der Waals surface area contributed by atoms with E-state index in [-0.39, 0.29) is 46.7 Å². The number of rotatable bonds is 2. The lowest BCUT2D eigenvalue weighted by Gasteiger charge is -2.63. The molecular weight excluding hydrogens is 384 g/mol. The van der Waals surface area contributed by atoms with Crippen molar-refractivity contribution < 1.29 is 28.7 Å². The molecule has 164 valence electrons. The van der Waals surface area contributed by atoms with Gasteiger partial charge in [-0.15, -0.1) is 0 Å². The van der Waals surface area contributed by atoms with Gasteiger partial charge in [0.2, 0.25) is 0 Å². The maximum Gasteiger partial charge on any atom is 0.302 e. The number of ketones is 2. The number of esters is 2. The van der Waals surface area contributed by atoms with Crippen molar-refractivity contribution in [2.75, 3.05) is 0 Å². The van der Waals surface area contributed by atoms with Crippen molar-refractivity contribution in [3.8, 4) is 0 Å². The van der Waals surface area contributed by atoms with E-state index in [0.717, 1.165) is 12.0 Å². The molecular formula is C24H32O6. The molecule has 4 aliphatic rings. The standard InChI is InChI=1S/C24H32O6/c1-12-15-10-24(21(12)28)11-17(29-13(2)25)20-22(4,5)8-7-19(30-14(3)26)23(20,6)18(24)9-16(15)27/h9,12,15,17,19-20H,7-8,10-11H2,1-6H3/t12-,15-,17+,19+,20-,23-,24+/m1/s1. The van der Waals surface area contributed by atoms with Crippen molar-refractivity contribution in [1.82, 2.24) is 0 Å². The molecule has 0 aromatic carbocycles. The van der Waals surface area contributed by atoms with Crippen molar-refractivity contribution >= 4 is 23.5 Å². The SMILES string of the molecule is CC(=O)O[C@H]1C[C@@]23C[C@@H](C(=O)C=C2[C@]2(C)[C@@H](OC(C)=O)CCC(C)(C)[C@@H]12)[C@@H](C)C3=O. The van der Waals surface area contributed by atoms with E-state index >= 15 is 0 Å². The third-order valence-electron chi connectivity index (χ3n) is 8.56. The third kappa shape index (κ3) is 2.68. The van der Waals surface area contributed by atoms with Gasteiger partial charge in [0.05, 0.1) is 5.41 Å². The molecule has 0 heterocycles. The molecule has 7 atom stereocenters. The van der Waals surface area contributed by atoms with Crippen LogP contribution in [0, 0.1) is 34.0 Å². The summed E-state index contributed by atoms with van der Waals surface area (Å²) in [5.74, 6) is -1.54. The summed E-state index contributed by atoms with van der Waals surface area (Å²) in [4.78, 5) is 50.6. The van der Waals surface area contributed by atoms with E-state index in [1.165, 1.54) is 13.8 Å². The second-order valence-corrected chi connectivity index (χ2v) is 10.7. The van der Waals surface area contributed by atoms with Gasteiger partial charge in [0.1, 0.15) is 18.0 Å². The van der Waals surface area contributed by atoms with Gasteiger partial charge in [0.15, 0.2) is 5.78 Å². The van der Waals surface area contributed by atoms with Gasteiger partial charge in [-0.2, -0.15) is 0 Å². The number of hydrogen-bond donors (Lipinski definition) is 0. The highest BCUT2D eigenvalue weighted by molar-refractivity contribution is 6.06. The van der Waals surface area contributed by atoms with Gasteiger partial charge in [-0.25, -0.2) is 0 Å². The second-order valence-electron chi connectivity index (χ2n) is 10.7. The maximum atomic E-state index is 13.6. The Hall–Kier alpha value is -1.98. The Balaban J connectivity index is 1.96. The van der Waals surface area contributed by atoms with Crippen molar-refractivity contribution in [1.29, 1.82) is 0 Å². The number of allylic oxidation sites excluding steroid dienone is 1. The van der Waals surface area contributed by atoms with Crippen LogP contribution in [0.1, 0.15) is 67.2 Å². The quantitative estimate of drug-likeness (QED) is 0.641. The maximum absolute atomic E-state index is 13.6. The molecule has 6 nitrogen and oxygen atoms in total. The van der Waals surface area contributed by atoms with Crippen molar-refractivity contribution in [3.05, 3.63) is 11.6 Å². The largest absolute Gasteiger partial charge is 0.462 e. The fourth-order valence-electron chi connectivity index (χ4n) is 7.58. The highest BCUT2D eigenvalue weighted by Gasteiger charge is 2.71. The molecule has 0 aromatic heterocycles. The van der Waals surface area contributed by atoms with Gasteiger partial charge in [-0.1, -0.05) is 27.7 Å². The van der Waals surface area contributed by atoms with Gasteiger partial charge in [-0.3, -0.25) is 19.2 Å². The molecule has 0 aromatic rings. The summed E-state index contributed by atoms with van der Waals surface area (Å²) in [5.41, 5.74) is -0.999. The zero-order chi connectivity index (χ0) is 22.2. The van der Waals surface area contributed by atoms with E-state index in [0.29, 0.717) is 19.3 Å². The molecule has 2 bridgehead atoms. The molecule has 6 heteroatoms. The van der Waals surface area contributed by atoms with Crippen LogP contribution in [-0.4, -0.2) is 35.7 Å². The number of hydrogen-bond acceptors (Lipinski definition) is 6. The number of Topliss-reactive ketones (excluding diaryl/α,β-unsaturated/α-hetero) is 1. The predicted octanol–water partition coefficient (Wildman–Crippen LogP) is 3.42. The molecule has 1 spiro atoms. The summed E-state index contributed by atoms with van der Waals surface area (Å²) in [5, 5.41) is 0. The lowest BCUT2D eigenvalue weighted by molar-refractivity contribution is -0.200. The Morgan fingerprint density at radius 1 is 1.03 bits per heavy atom. The summed E-state index contributed by atoms with van der Waals surface area (Å²) in [6.45, 7) is 10.9. The van der Waals surface area contributed by atoms with Gasteiger partial charge in [-0.05, 0) is 36.3 Å². The van der Waals surface area contributed by atoms with Crippen LogP contribution in [-0.2, 0) is 28.7 Å². The lowest BCUT2D eigenvalue weighted by Crippen LogP contribution is -2.64. The van der Waals surface area contributed by atoms with Crippen LogP contribution in [0.15, 0.2) is 11.6 Å². The Morgan fingerprint density at radius 3 is 2.27 bits per heavy atom. The van der Waals surface area contributed by atoms with Crippen molar-refractivity contribution in [2.45, 2.75) is 79.4 Å². The number of carbonyl (C=O) groups excluding carboxylic acids is 4. The average Bonchev–Trinajstić information content (AvgIpc) is 2.82. The van der Waals surface area contributed by atoms with Gasteiger partial charge >= 0.3 is 11.9 Å².